The molecule has 7 nitrogen and oxygen atoms in total. The molecule has 3 heterocycles. The first-order valence-electron chi connectivity index (χ1n) is 11.2. The van der Waals surface area contributed by atoms with Crippen LogP contribution in [0.25, 0.3) is 0 Å². The lowest BCUT2D eigenvalue weighted by molar-refractivity contribution is -0.136. The highest BCUT2D eigenvalue weighted by Gasteiger charge is 2.42. The van der Waals surface area contributed by atoms with Crippen molar-refractivity contribution < 1.29 is 14.4 Å². The molecule has 3 unspecified atom stereocenters. The zero-order valence-corrected chi connectivity index (χ0v) is 17.4. The molecule has 0 radical (unpaired) electrons. The molecule has 160 valence electrons. The number of carbonyl (C=O) groups excluding carboxylic acids is 3. The van der Waals surface area contributed by atoms with Crippen LogP contribution < -0.4 is 11.1 Å². The highest BCUT2D eigenvalue weighted by molar-refractivity contribution is 6.05. The van der Waals surface area contributed by atoms with Gasteiger partial charge in [0.05, 0.1) is 0 Å². The van der Waals surface area contributed by atoms with Gasteiger partial charge in [0.1, 0.15) is 6.04 Å². The lowest BCUT2D eigenvalue weighted by atomic mass is 9.66. The molecular weight excluding hydrogens is 380 g/mol. The molecule has 1 aromatic carbocycles. The van der Waals surface area contributed by atoms with Gasteiger partial charge in [0.2, 0.25) is 11.8 Å². The fourth-order valence-corrected chi connectivity index (χ4v) is 6.11. The molecule has 1 aromatic rings. The minimum atomic E-state index is -0.558. The number of likely N-dealkylation sites (tertiary alicyclic amines) is 1. The first-order valence-corrected chi connectivity index (χ1v) is 11.2. The molecule has 7 heteroatoms. The Morgan fingerprint density at radius 2 is 2.07 bits per heavy atom. The summed E-state index contributed by atoms with van der Waals surface area (Å²) in [5.74, 6) is 0.00855. The van der Waals surface area contributed by atoms with Crippen LogP contribution in [0.4, 0.5) is 0 Å². The molecule has 4 aliphatic rings. The van der Waals surface area contributed by atoms with E-state index in [0.29, 0.717) is 18.5 Å². The Bertz CT molecular complexity index is 900. The van der Waals surface area contributed by atoms with E-state index >= 15 is 0 Å². The predicted octanol–water partition coefficient (Wildman–Crippen LogP) is 1.40. The molecular formula is C23H30N4O3. The maximum atomic E-state index is 13.1. The minimum Gasteiger partial charge on any atom is -0.330 e. The van der Waals surface area contributed by atoms with E-state index in [1.165, 1.54) is 25.7 Å². The third-order valence-corrected chi connectivity index (χ3v) is 7.55. The number of carbonyl (C=O) groups is 3. The summed E-state index contributed by atoms with van der Waals surface area (Å²) >= 11 is 0. The largest absolute Gasteiger partial charge is 0.330 e. The molecule has 3 N–H and O–H groups in total. The average Bonchev–Trinajstić information content (AvgIpc) is 3.04. The molecule has 2 saturated heterocycles. The Labute approximate surface area is 177 Å². The van der Waals surface area contributed by atoms with E-state index in [9.17, 15) is 14.4 Å². The van der Waals surface area contributed by atoms with Gasteiger partial charge in [-0.15, -0.1) is 0 Å². The number of hydrogen-bond donors (Lipinski definition) is 2. The quantitative estimate of drug-likeness (QED) is 0.732. The molecule has 3 aliphatic heterocycles. The van der Waals surface area contributed by atoms with Gasteiger partial charge in [-0.25, -0.2) is 0 Å². The number of nitrogens with one attached hydrogen (secondary N) is 1. The maximum Gasteiger partial charge on any atom is 0.255 e. The highest BCUT2D eigenvalue weighted by Crippen LogP contribution is 2.43. The van der Waals surface area contributed by atoms with Gasteiger partial charge in [-0.05, 0) is 60.8 Å². The van der Waals surface area contributed by atoms with E-state index in [1.54, 1.807) is 4.90 Å². The van der Waals surface area contributed by atoms with Crippen LogP contribution in [0.1, 0.15) is 60.0 Å². The summed E-state index contributed by atoms with van der Waals surface area (Å²) in [4.78, 5) is 40.8. The standard InChI is InChI=1S/C23H30N4O3/c24-13-23-7-1-2-16(9-23)11-26(14-23)10-15-3-4-17-12-27(22(30)18(17)8-15)19-5-6-20(28)25-21(19)29/h3-4,8,16,19H,1-2,5-7,9-14,24H2,(H,25,28,29). The summed E-state index contributed by atoms with van der Waals surface area (Å²) in [5.41, 5.74) is 9.22. The molecule has 2 bridgehead atoms. The first-order chi connectivity index (χ1) is 14.5. The fourth-order valence-electron chi connectivity index (χ4n) is 6.11. The highest BCUT2D eigenvalue weighted by atomic mass is 16.2. The van der Waals surface area contributed by atoms with Crippen LogP contribution in [-0.2, 0) is 22.7 Å². The van der Waals surface area contributed by atoms with Crippen molar-refractivity contribution in [1.82, 2.24) is 15.1 Å². The number of piperidine rings is 2. The number of hydrogen-bond acceptors (Lipinski definition) is 5. The van der Waals surface area contributed by atoms with Gasteiger partial charge >= 0.3 is 0 Å². The van der Waals surface area contributed by atoms with E-state index in [-0.39, 0.29) is 29.6 Å². The summed E-state index contributed by atoms with van der Waals surface area (Å²) in [5, 5.41) is 2.36. The number of nitrogens with two attached hydrogens (primary N) is 1. The van der Waals surface area contributed by atoms with Crippen LogP contribution in [0, 0.1) is 11.3 Å². The van der Waals surface area contributed by atoms with E-state index in [4.69, 9.17) is 5.73 Å². The number of fused-ring (bicyclic) bond motifs is 3. The third kappa shape index (κ3) is 3.44. The Balaban J connectivity index is 1.30. The van der Waals surface area contributed by atoms with E-state index < -0.39 is 6.04 Å². The number of imide groups is 1. The topological polar surface area (TPSA) is 95.7 Å². The van der Waals surface area contributed by atoms with Gasteiger partial charge < -0.3 is 10.6 Å². The monoisotopic (exact) mass is 410 g/mol. The summed E-state index contributed by atoms with van der Waals surface area (Å²) in [6.07, 6.45) is 5.74. The molecule has 1 aliphatic carbocycles. The van der Waals surface area contributed by atoms with Crippen molar-refractivity contribution in [2.75, 3.05) is 19.6 Å². The zero-order chi connectivity index (χ0) is 20.9. The van der Waals surface area contributed by atoms with Crippen molar-refractivity contribution in [3.63, 3.8) is 0 Å². The number of rotatable bonds is 4. The van der Waals surface area contributed by atoms with Crippen LogP contribution >= 0.6 is 0 Å². The van der Waals surface area contributed by atoms with Crippen LogP contribution in [0.15, 0.2) is 18.2 Å². The molecule has 5 rings (SSSR count). The molecule has 3 atom stereocenters. The molecule has 3 amide bonds. The second-order valence-electron chi connectivity index (χ2n) is 9.73. The summed E-state index contributed by atoms with van der Waals surface area (Å²) < 4.78 is 0. The van der Waals surface area contributed by atoms with Gasteiger partial charge in [0.15, 0.2) is 0 Å². The van der Waals surface area contributed by atoms with E-state index in [0.717, 1.165) is 43.2 Å². The molecule has 3 fully saturated rings. The van der Waals surface area contributed by atoms with Crippen molar-refractivity contribution >= 4 is 17.7 Å². The Morgan fingerprint density at radius 1 is 1.20 bits per heavy atom. The molecule has 0 aromatic heterocycles. The molecule has 30 heavy (non-hydrogen) atoms. The summed E-state index contributed by atoms with van der Waals surface area (Å²) in [6.45, 7) is 4.16. The number of nitrogens with zero attached hydrogens (tertiary/aromatic N) is 2. The Hall–Kier alpha value is -2.25. The molecule has 0 spiro atoms. The maximum absolute atomic E-state index is 13.1. The predicted molar refractivity (Wildman–Crippen MR) is 111 cm³/mol. The van der Waals surface area contributed by atoms with E-state index in [1.807, 2.05) is 12.1 Å². The zero-order valence-electron chi connectivity index (χ0n) is 17.4. The summed E-state index contributed by atoms with van der Waals surface area (Å²) in [7, 11) is 0. The van der Waals surface area contributed by atoms with Gasteiger partial charge in [0, 0.05) is 38.2 Å². The number of benzene rings is 1. The van der Waals surface area contributed by atoms with E-state index in [2.05, 4.69) is 16.3 Å². The van der Waals surface area contributed by atoms with Crippen molar-refractivity contribution in [3.05, 3.63) is 34.9 Å². The van der Waals surface area contributed by atoms with Crippen molar-refractivity contribution in [1.29, 1.82) is 0 Å². The SMILES string of the molecule is NCC12CCCC(CN(Cc3ccc4c(c3)C(=O)N(C3CCC(=O)NC3=O)C4)C1)C2. The smallest absolute Gasteiger partial charge is 0.255 e. The second-order valence-corrected chi connectivity index (χ2v) is 9.73. The normalized spacial score (nSPS) is 31.6. The fraction of sp³-hybridized carbons (Fsp3) is 0.609. The van der Waals surface area contributed by atoms with Gasteiger partial charge in [0.25, 0.3) is 5.91 Å². The lowest BCUT2D eigenvalue weighted by Crippen LogP contribution is -2.52. The van der Waals surface area contributed by atoms with Crippen LogP contribution in [0.3, 0.4) is 0 Å². The Morgan fingerprint density at radius 3 is 2.87 bits per heavy atom. The number of amides is 3. The van der Waals surface area contributed by atoms with Crippen molar-refractivity contribution in [2.24, 2.45) is 17.1 Å². The van der Waals surface area contributed by atoms with Crippen LogP contribution in [-0.4, -0.2) is 53.2 Å². The third-order valence-electron chi connectivity index (χ3n) is 7.55. The van der Waals surface area contributed by atoms with Gasteiger partial charge in [-0.1, -0.05) is 18.6 Å². The minimum absolute atomic E-state index is 0.102. The molecule has 1 saturated carbocycles. The van der Waals surface area contributed by atoms with Crippen LogP contribution in [0.5, 0.6) is 0 Å². The van der Waals surface area contributed by atoms with Crippen molar-refractivity contribution in [3.8, 4) is 0 Å². The summed E-state index contributed by atoms with van der Waals surface area (Å²) in [6, 6.07) is 5.58. The lowest BCUT2D eigenvalue weighted by Gasteiger charge is -2.49. The second kappa shape index (κ2) is 7.46. The van der Waals surface area contributed by atoms with Gasteiger partial charge in [-0.2, -0.15) is 0 Å². The first kappa shape index (κ1) is 19.7. The van der Waals surface area contributed by atoms with Gasteiger partial charge in [-0.3, -0.25) is 24.6 Å². The van der Waals surface area contributed by atoms with Crippen LogP contribution in [0.2, 0.25) is 0 Å². The average molecular weight is 411 g/mol. The van der Waals surface area contributed by atoms with Crippen molar-refractivity contribution in [2.45, 2.75) is 57.7 Å². The Kier molecular flexibility index (Phi) is 4.90.